The number of aryl methyl sites for hydroxylation is 1. The van der Waals surface area contributed by atoms with Gasteiger partial charge in [0.05, 0.1) is 0 Å². The van der Waals surface area contributed by atoms with Crippen molar-refractivity contribution in [1.82, 2.24) is 0 Å². The summed E-state index contributed by atoms with van der Waals surface area (Å²) in [5.74, 6) is 1.67. The predicted molar refractivity (Wildman–Crippen MR) is 61.3 cm³/mol. The number of hydrogen-bond donors (Lipinski definition) is 0. The minimum atomic E-state index is 0.555. The Bertz CT molecular complexity index is 410. The van der Waals surface area contributed by atoms with E-state index in [9.17, 15) is 4.79 Å². The molecule has 0 fully saturated rings. The molecule has 0 amide bonds. The molecule has 1 aliphatic rings. The number of fused-ring (bicyclic) bond motifs is 1. The van der Waals surface area contributed by atoms with Crippen molar-refractivity contribution in [3.8, 4) is 11.5 Å². The number of carbonyl (C=O) groups excluding carboxylic acids is 1. The molecule has 1 aromatic carbocycles. The van der Waals surface area contributed by atoms with Gasteiger partial charge < -0.3 is 14.3 Å². The van der Waals surface area contributed by atoms with E-state index in [1.54, 1.807) is 0 Å². The lowest BCUT2D eigenvalue weighted by atomic mass is 9.98. The molecule has 3 nitrogen and oxygen atoms in total. The Balaban J connectivity index is 2.39. The molecule has 0 radical (unpaired) electrons. The van der Waals surface area contributed by atoms with Crippen LogP contribution in [0.5, 0.6) is 11.5 Å². The second-order valence-electron chi connectivity index (χ2n) is 4.02. The average molecular weight is 220 g/mol. The summed E-state index contributed by atoms with van der Waals surface area (Å²) in [7, 11) is 0. The summed E-state index contributed by atoms with van der Waals surface area (Å²) in [5.41, 5.74) is 3.50. The third-order valence-electron chi connectivity index (χ3n) is 3.03. The van der Waals surface area contributed by atoms with Crippen LogP contribution in [0.2, 0.25) is 0 Å². The Hall–Kier alpha value is -1.51. The van der Waals surface area contributed by atoms with Crippen LogP contribution in [-0.4, -0.2) is 19.5 Å². The summed E-state index contributed by atoms with van der Waals surface area (Å²) in [5, 5.41) is 0. The molecule has 0 saturated carbocycles. The van der Waals surface area contributed by atoms with Crippen LogP contribution in [0.4, 0.5) is 0 Å². The van der Waals surface area contributed by atoms with E-state index >= 15 is 0 Å². The molecule has 1 aliphatic heterocycles. The Labute approximate surface area is 95.4 Å². The predicted octanol–water partition coefficient (Wildman–Crippen LogP) is 2.21. The lowest BCUT2D eigenvalue weighted by Gasteiger charge is -2.23. The molecule has 0 unspecified atom stereocenters. The van der Waals surface area contributed by atoms with Crippen molar-refractivity contribution < 1.29 is 14.3 Å². The SMILES string of the molecule is Cc1c(CCC=O)cc2c(c1C)OCCO2. The maximum atomic E-state index is 10.4. The van der Waals surface area contributed by atoms with Gasteiger partial charge in [0, 0.05) is 6.42 Å². The van der Waals surface area contributed by atoms with Gasteiger partial charge in [0.2, 0.25) is 0 Å². The van der Waals surface area contributed by atoms with E-state index in [0.29, 0.717) is 19.6 Å². The molecular formula is C13H16O3. The normalized spacial score (nSPS) is 13.6. The maximum absolute atomic E-state index is 10.4. The summed E-state index contributed by atoms with van der Waals surface area (Å²) < 4.78 is 11.2. The molecule has 0 spiro atoms. The summed E-state index contributed by atoms with van der Waals surface area (Å²) in [6.07, 6.45) is 2.28. The van der Waals surface area contributed by atoms with Gasteiger partial charge in [-0.05, 0) is 43.0 Å². The maximum Gasteiger partial charge on any atom is 0.164 e. The molecular weight excluding hydrogens is 204 g/mol. The number of hydrogen-bond acceptors (Lipinski definition) is 3. The summed E-state index contributed by atoms with van der Waals surface area (Å²) in [4.78, 5) is 10.4. The summed E-state index contributed by atoms with van der Waals surface area (Å²) >= 11 is 0. The van der Waals surface area contributed by atoms with E-state index in [0.717, 1.165) is 29.8 Å². The van der Waals surface area contributed by atoms with Crippen LogP contribution in [-0.2, 0) is 11.2 Å². The van der Waals surface area contributed by atoms with E-state index < -0.39 is 0 Å². The van der Waals surface area contributed by atoms with Crippen molar-refractivity contribution in [2.24, 2.45) is 0 Å². The number of rotatable bonds is 3. The first-order chi connectivity index (χ1) is 7.74. The zero-order valence-corrected chi connectivity index (χ0v) is 9.71. The number of ether oxygens (including phenoxy) is 2. The highest BCUT2D eigenvalue weighted by atomic mass is 16.6. The fourth-order valence-electron chi connectivity index (χ4n) is 1.98. The van der Waals surface area contributed by atoms with Crippen LogP contribution in [0.1, 0.15) is 23.1 Å². The minimum absolute atomic E-state index is 0.555. The van der Waals surface area contributed by atoms with Crippen molar-refractivity contribution in [2.45, 2.75) is 26.7 Å². The molecule has 0 aliphatic carbocycles. The first kappa shape index (κ1) is 11.0. The molecule has 0 bridgehead atoms. The quantitative estimate of drug-likeness (QED) is 0.733. The molecule has 3 heteroatoms. The summed E-state index contributed by atoms with van der Waals surface area (Å²) in [6, 6.07) is 2.00. The van der Waals surface area contributed by atoms with E-state index in [1.165, 1.54) is 11.1 Å². The van der Waals surface area contributed by atoms with E-state index in [-0.39, 0.29) is 0 Å². The fourth-order valence-corrected chi connectivity index (χ4v) is 1.98. The van der Waals surface area contributed by atoms with Gasteiger partial charge in [-0.15, -0.1) is 0 Å². The molecule has 0 saturated heterocycles. The fraction of sp³-hybridized carbons (Fsp3) is 0.462. The van der Waals surface area contributed by atoms with Gasteiger partial charge in [0.25, 0.3) is 0 Å². The largest absolute Gasteiger partial charge is 0.486 e. The highest BCUT2D eigenvalue weighted by Crippen LogP contribution is 2.37. The standard InChI is InChI=1S/C13H16O3/c1-9-10(2)13-12(15-6-7-16-13)8-11(9)4-3-5-14/h5,8H,3-4,6-7H2,1-2H3. The smallest absolute Gasteiger partial charge is 0.164 e. The third-order valence-corrected chi connectivity index (χ3v) is 3.03. The molecule has 0 N–H and O–H groups in total. The van der Waals surface area contributed by atoms with Crippen LogP contribution in [0.25, 0.3) is 0 Å². The van der Waals surface area contributed by atoms with E-state index in [4.69, 9.17) is 9.47 Å². The second kappa shape index (κ2) is 4.56. The molecule has 1 heterocycles. The van der Waals surface area contributed by atoms with Gasteiger partial charge in [-0.2, -0.15) is 0 Å². The molecule has 16 heavy (non-hydrogen) atoms. The molecule has 1 aromatic rings. The number of aldehydes is 1. The van der Waals surface area contributed by atoms with Gasteiger partial charge in [0.1, 0.15) is 19.5 Å². The Morgan fingerprint density at radius 2 is 2.00 bits per heavy atom. The molecule has 0 atom stereocenters. The van der Waals surface area contributed by atoms with Gasteiger partial charge >= 0.3 is 0 Å². The van der Waals surface area contributed by atoms with E-state index in [1.807, 2.05) is 13.0 Å². The lowest BCUT2D eigenvalue weighted by Crippen LogP contribution is -2.17. The van der Waals surface area contributed by atoms with Crippen LogP contribution in [0.15, 0.2) is 6.07 Å². The van der Waals surface area contributed by atoms with Gasteiger partial charge in [-0.3, -0.25) is 0 Å². The lowest BCUT2D eigenvalue weighted by molar-refractivity contribution is -0.107. The van der Waals surface area contributed by atoms with Gasteiger partial charge in [0.15, 0.2) is 11.5 Å². The zero-order chi connectivity index (χ0) is 11.5. The highest BCUT2D eigenvalue weighted by Gasteiger charge is 2.17. The van der Waals surface area contributed by atoms with Gasteiger partial charge in [-0.1, -0.05) is 0 Å². The molecule has 86 valence electrons. The van der Waals surface area contributed by atoms with Crippen molar-refractivity contribution in [3.05, 3.63) is 22.8 Å². The monoisotopic (exact) mass is 220 g/mol. The van der Waals surface area contributed by atoms with Crippen LogP contribution in [0, 0.1) is 13.8 Å². The first-order valence-electron chi connectivity index (χ1n) is 5.56. The Morgan fingerprint density at radius 1 is 1.25 bits per heavy atom. The first-order valence-corrected chi connectivity index (χ1v) is 5.56. The minimum Gasteiger partial charge on any atom is -0.486 e. The van der Waals surface area contributed by atoms with Crippen LogP contribution >= 0.6 is 0 Å². The van der Waals surface area contributed by atoms with Crippen molar-refractivity contribution in [2.75, 3.05) is 13.2 Å². The average Bonchev–Trinajstić information content (AvgIpc) is 2.32. The zero-order valence-electron chi connectivity index (χ0n) is 9.71. The molecule has 0 aromatic heterocycles. The van der Waals surface area contributed by atoms with E-state index in [2.05, 4.69) is 6.92 Å². The van der Waals surface area contributed by atoms with Crippen LogP contribution in [0.3, 0.4) is 0 Å². The van der Waals surface area contributed by atoms with Crippen molar-refractivity contribution >= 4 is 6.29 Å². The third kappa shape index (κ3) is 1.90. The Kier molecular flexibility index (Phi) is 3.13. The number of carbonyl (C=O) groups is 1. The Morgan fingerprint density at radius 3 is 2.75 bits per heavy atom. The summed E-state index contributed by atoms with van der Waals surface area (Å²) in [6.45, 7) is 5.31. The number of benzene rings is 1. The van der Waals surface area contributed by atoms with Crippen molar-refractivity contribution in [3.63, 3.8) is 0 Å². The topological polar surface area (TPSA) is 35.5 Å². The van der Waals surface area contributed by atoms with Gasteiger partial charge in [-0.25, -0.2) is 0 Å². The van der Waals surface area contributed by atoms with Crippen LogP contribution < -0.4 is 9.47 Å². The molecule has 2 rings (SSSR count). The van der Waals surface area contributed by atoms with Crippen molar-refractivity contribution in [1.29, 1.82) is 0 Å². The highest BCUT2D eigenvalue weighted by molar-refractivity contribution is 5.56. The second-order valence-corrected chi connectivity index (χ2v) is 4.02.